The van der Waals surface area contributed by atoms with Crippen LogP contribution in [0.1, 0.15) is 41.5 Å². The van der Waals surface area contributed by atoms with E-state index in [1.807, 2.05) is 13.8 Å². The van der Waals surface area contributed by atoms with E-state index >= 15 is 0 Å². The summed E-state index contributed by atoms with van der Waals surface area (Å²) in [5.74, 6) is 0.258. The van der Waals surface area contributed by atoms with Crippen molar-refractivity contribution in [2.24, 2.45) is 11.8 Å². The van der Waals surface area contributed by atoms with Gasteiger partial charge >= 0.3 is 0 Å². The van der Waals surface area contributed by atoms with Gasteiger partial charge in [-0.25, -0.2) is 0 Å². The van der Waals surface area contributed by atoms with E-state index in [0.717, 1.165) is 0 Å². The van der Waals surface area contributed by atoms with Crippen LogP contribution in [-0.2, 0) is 13.9 Å². The van der Waals surface area contributed by atoms with Crippen LogP contribution in [0, 0.1) is 11.8 Å². The number of hydrogen-bond donors (Lipinski definition) is 1. The molecule has 21 heavy (non-hydrogen) atoms. The second-order valence-electron chi connectivity index (χ2n) is 7.82. The summed E-state index contributed by atoms with van der Waals surface area (Å²) in [6.07, 6.45) is -0.784. The summed E-state index contributed by atoms with van der Waals surface area (Å²) in [7, 11) is -0.182. The Balaban J connectivity index is 4.71. The minimum absolute atomic E-state index is 0.117. The highest BCUT2D eigenvalue weighted by Crippen LogP contribution is 2.37. The van der Waals surface area contributed by atoms with Crippen molar-refractivity contribution in [2.75, 3.05) is 20.5 Å². The van der Waals surface area contributed by atoms with Gasteiger partial charge in [-0.2, -0.15) is 0 Å². The van der Waals surface area contributed by atoms with Gasteiger partial charge in [-0.3, -0.25) is 0 Å². The van der Waals surface area contributed by atoms with Crippen molar-refractivity contribution >= 4 is 8.32 Å². The Labute approximate surface area is 132 Å². The molecule has 0 heterocycles. The lowest BCUT2D eigenvalue weighted by Crippen LogP contribution is -2.45. The zero-order valence-corrected chi connectivity index (χ0v) is 16.4. The van der Waals surface area contributed by atoms with Gasteiger partial charge in [0.25, 0.3) is 0 Å². The van der Waals surface area contributed by atoms with Crippen molar-refractivity contribution in [3.8, 4) is 0 Å². The molecule has 0 aliphatic heterocycles. The first kappa shape index (κ1) is 21.1. The Bertz CT molecular complexity index is 286. The summed E-state index contributed by atoms with van der Waals surface area (Å²) in [6, 6.07) is 0. The van der Waals surface area contributed by atoms with Crippen LogP contribution in [0.2, 0.25) is 18.1 Å². The standard InChI is InChI=1S/C16H36O4Si/c1-12(2)14(17)15(19-11-18-7)13(3)10-20-21(8,9)16(4,5)6/h12-15,17H,10-11H2,1-9H3/t13-,14+,15-/m1/s1. The maximum Gasteiger partial charge on any atom is 0.191 e. The van der Waals surface area contributed by atoms with E-state index in [0.29, 0.717) is 6.61 Å². The van der Waals surface area contributed by atoms with Gasteiger partial charge < -0.3 is 19.0 Å². The molecule has 3 atom stereocenters. The molecule has 0 saturated carbocycles. The Morgan fingerprint density at radius 2 is 1.62 bits per heavy atom. The summed E-state index contributed by atoms with van der Waals surface area (Å²) in [5, 5.41) is 10.5. The van der Waals surface area contributed by atoms with Gasteiger partial charge in [0.05, 0.1) is 12.2 Å². The predicted octanol–water partition coefficient (Wildman–Crippen LogP) is 3.65. The van der Waals surface area contributed by atoms with Crippen molar-refractivity contribution in [3.05, 3.63) is 0 Å². The SMILES string of the molecule is COCO[C@H]([C@H](C)CO[Si](C)(C)C(C)(C)C)[C@@H](O)C(C)C. The van der Waals surface area contributed by atoms with Gasteiger partial charge in [-0.15, -0.1) is 0 Å². The fraction of sp³-hybridized carbons (Fsp3) is 1.00. The second kappa shape index (κ2) is 8.63. The molecule has 0 aliphatic carbocycles. The van der Waals surface area contributed by atoms with Crippen molar-refractivity contribution in [1.29, 1.82) is 0 Å². The quantitative estimate of drug-likeness (QED) is 0.520. The van der Waals surface area contributed by atoms with Crippen molar-refractivity contribution in [1.82, 2.24) is 0 Å². The zero-order valence-electron chi connectivity index (χ0n) is 15.4. The largest absolute Gasteiger partial charge is 0.416 e. The molecular weight excluding hydrogens is 284 g/mol. The van der Waals surface area contributed by atoms with Crippen molar-refractivity contribution < 1.29 is 19.0 Å². The predicted molar refractivity (Wildman–Crippen MR) is 89.9 cm³/mol. The molecule has 0 aromatic carbocycles. The summed E-state index contributed by atoms with van der Waals surface area (Å²) < 4.78 is 16.9. The van der Waals surface area contributed by atoms with Crippen LogP contribution in [0.5, 0.6) is 0 Å². The molecular formula is C16H36O4Si. The molecule has 0 aliphatic rings. The Morgan fingerprint density at radius 3 is 2.00 bits per heavy atom. The van der Waals surface area contributed by atoms with Crippen LogP contribution < -0.4 is 0 Å². The molecule has 0 rings (SSSR count). The van der Waals surface area contributed by atoms with Crippen molar-refractivity contribution in [2.45, 2.75) is 71.9 Å². The van der Waals surface area contributed by atoms with Gasteiger partial charge in [0.15, 0.2) is 8.32 Å². The highest BCUT2D eigenvalue weighted by atomic mass is 28.4. The fourth-order valence-corrected chi connectivity index (χ4v) is 2.89. The lowest BCUT2D eigenvalue weighted by molar-refractivity contribution is -0.144. The molecule has 0 fully saturated rings. The fourth-order valence-electron chi connectivity index (χ4n) is 1.78. The molecule has 1 N–H and O–H groups in total. The summed E-state index contributed by atoms with van der Waals surface area (Å²) in [6.45, 7) is 18.0. The first-order chi connectivity index (χ1) is 9.44. The van der Waals surface area contributed by atoms with E-state index in [-0.39, 0.29) is 29.8 Å². The van der Waals surface area contributed by atoms with Crippen LogP contribution in [0.4, 0.5) is 0 Å². The van der Waals surface area contributed by atoms with Crippen LogP contribution in [0.15, 0.2) is 0 Å². The molecule has 0 bridgehead atoms. The first-order valence-corrected chi connectivity index (χ1v) is 10.8. The highest BCUT2D eigenvalue weighted by molar-refractivity contribution is 6.74. The van der Waals surface area contributed by atoms with Gasteiger partial charge in [0.1, 0.15) is 6.79 Å². The molecule has 0 amide bonds. The lowest BCUT2D eigenvalue weighted by Gasteiger charge is -2.38. The molecule has 0 aromatic heterocycles. The Morgan fingerprint density at radius 1 is 1.10 bits per heavy atom. The van der Waals surface area contributed by atoms with Crippen LogP contribution in [0.3, 0.4) is 0 Å². The van der Waals surface area contributed by atoms with E-state index in [4.69, 9.17) is 13.9 Å². The van der Waals surface area contributed by atoms with Crippen LogP contribution in [0.25, 0.3) is 0 Å². The minimum atomic E-state index is -1.78. The highest BCUT2D eigenvalue weighted by Gasteiger charge is 2.38. The molecule has 5 heteroatoms. The monoisotopic (exact) mass is 320 g/mol. The van der Waals surface area contributed by atoms with Gasteiger partial charge in [0.2, 0.25) is 0 Å². The molecule has 4 nitrogen and oxygen atoms in total. The molecule has 0 unspecified atom stereocenters. The van der Waals surface area contributed by atoms with Gasteiger partial charge in [-0.1, -0.05) is 41.5 Å². The van der Waals surface area contributed by atoms with Gasteiger partial charge in [0, 0.05) is 19.6 Å². The van der Waals surface area contributed by atoms with Crippen molar-refractivity contribution in [3.63, 3.8) is 0 Å². The van der Waals surface area contributed by atoms with E-state index in [2.05, 4.69) is 40.8 Å². The number of hydrogen-bond acceptors (Lipinski definition) is 4. The maximum atomic E-state index is 10.3. The van der Waals surface area contributed by atoms with Crippen LogP contribution >= 0.6 is 0 Å². The molecule has 0 radical (unpaired) electrons. The number of rotatable bonds is 9. The van der Waals surface area contributed by atoms with E-state index in [1.54, 1.807) is 7.11 Å². The van der Waals surface area contributed by atoms with Crippen LogP contribution in [-0.4, -0.2) is 46.1 Å². The molecule has 0 spiro atoms. The Hall–Kier alpha value is 0.0569. The number of aliphatic hydroxyl groups excluding tert-OH is 1. The third-order valence-electron chi connectivity index (χ3n) is 4.47. The molecule has 0 saturated heterocycles. The summed E-state index contributed by atoms with van der Waals surface area (Å²) in [5.41, 5.74) is 0. The summed E-state index contributed by atoms with van der Waals surface area (Å²) >= 11 is 0. The number of ether oxygens (including phenoxy) is 2. The molecule has 0 aromatic rings. The number of aliphatic hydroxyl groups is 1. The van der Waals surface area contributed by atoms with E-state index < -0.39 is 14.4 Å². The number of methoxy groups -OCH3 is 1. The molecule has 128 valence electrons. The topological polar surface area (TPSA) is 47.9 Å². The Kier molecular flexibility index (Phi) is 8.65. The third-order valence-corrected chi connectivity index (χ3v) is 8.97. The third kappa shape index (κ3) is 6.78. The normalized spacial score (nSPS) is 17.9. The lowest BCUT2D eigenvalue weighted by atomic mass is 9.93. The first-order valence-electron chi connectivity index (χ1n) is 7.86. The maximum absolute atomic E-state index is 10.3. The van der Waals surface area contributed by atoms with Gasteiger partial charge in [-0.05, 0) is 24.1 Å². The zero-order chi connectivity index (χ0) is 16.8. The second-order valence-corrected chi connectivity index (χ2v) is 12.6. The smallest absolute Gasteiger partial charge is 0.191 e. The van der Waals surface area contributed by atoms with E-state index in [9.17, 15) is 5.11 Å². The minimum Gasteiger partial charge on any atom is -0.416 e. The average molecular weight is 321 g/mol. The summed E-state index contributed by atoms with van der Waals surface area (Å²) in [4.78, 5) is 0. The average Bonchev–Trinajstić information content (AvgIpc) is 2.35. The van der Waals surface area contributed by atoms with E-state index in [1.165, 1.54) is 0 Å².